The van der Waals surface area contributed by atoms with Crippen LogP contribution in [0.15, 0.2) is 42.5 Å². The molecule has 0 aliphatic heterocycles. The zero-order valence-electron chi connectivity index (χ0n) is 11.9. The van der Waals surface area contributed by atoms with Gasteiger partial charge in [-0.25, -0.2) is 4.39 Å². The molecule has 0 bridgehead atoms. The summed E-state index contributed by atoms with van der Waals surface area (Å²) in [5.74, 6) is -0.0386. The van der Waals surface area contributed by atoms with E-state index in [9.17, 15) is 4.39 Å². The van der Waals surface area contributed by atoms with Crippen LogP contribution in [0.4, 0.5) is 4.39 Å². The van der Waals surface area contributed by atoms with Crippen molar-refractivity contribution in [2.75, 3.05) is 0 Å². The van der Waals surface area contributed by atoms with Crippen molar-refractivity contribution in [1.82, 2.24) is 0 Å². The Morgan fingerprint density at radius 2 is 1.75 bits per heavy atom. The van der Waals surface area contributed by atoms with E-state index in [0.29, 0.717) is 16.8 Å². The third-order valence-electron chi connectivity index (χ3n) is 3.05. The van der Waals surface area contributed by atoms with Gasteiger partial charge in [-0.05, 0) is 16.8 Å². The molecule has 0 aliphatic rings. The molecule has 0 unspecified atom stereocenters. The summed E-state index contributed by atoms with van der Waals surface area (Å²) in [7, 11) is -1.79. The van der Waals surface area contributed by atoms with Gasteiger partial charge < -0.3 is 4.74 Å². The van der Waals surface area contributed by atoms with Gasteiger partial charge in [-0.1, -0.05) is 61.6 Å². The van der Waals surface area contributed by atoms with Crippen LogP contribution < -0.4 is 9.92 Å². The highest BCUT2D eigenvalue weighted by atomic mass is 35.5. The molecular formula is C16H18ClFOSi. The van der Waals surface area contributed by atoms with E-state index in [1.54, 1.807) is 12.1 Å². The van der Waals surface area contributed by atoms with E-state index in [1.165, 1.54) is 0 Å². The average molecular weight is 309 g/mol. The van der Waals surface area contributed by atoms with Crippen molar-refractivity contribution in [2.24, 2.45) is 0 Å². The zero-order chi connectivity index (χ0) is 14.8. The molecule has 0 amide bonds. The van der Waals surface area contributed by atoms with Gasteiger partial charge in [-0.15, -0.1) is 0 Å². The molecule has 0 aliphatic carbocycles. The second-order valence-electron chi connectivity index (χ2n) is 5.79. The Hall–Kier alpha value is -1.32. The van der Waals surface area contributed by atoms with Gasteiger partial charge in [0, 0.05) is 11.1 Å². The van der Waals surface area contributed by atoms with Crippen LogP contribution >= 0.6 is 11.6 Å². The maximum atomic E-state index is 14.5. The number of benzene rings is 2. The zero-order valence-corrected chi connectivity index (χ0v) is 13.7. The average Bonchev–Trinajstić information content (AvgIpc) is 2.39. The molecule has 20 heavy (non-hydrogen) atoms. The Morgan fingerprint density at radius 3 is 2.35 bits per heavy atom. The molecule has 0 saturated carbocycles. The lowest BCUT2D eigenvalue weighted by molar-refractivity contribution is 0.291. The van der Waals surface area contributed by atoms with E-state index in [0.717, 1.165) is 5.56 Å². The highest BCUT2D eigenvalue weighted by Crippen LogP contribution is 2.24. The van der Waals surface area contributed by atoms with E-state index in [4.69, 9.17) is 16.3 Å². The Kier molecular flexibility index (Phi) is 4.51. The van der Waals surface area contributed by atoms with Crippen molar-refractivity contribution in [3.63, 3.8) is 0 Å². The second-order valence-corrected chi connectivity index (χ2v) is 11.3. The first kappa shape index (κ1) is 15.1. The summed E-state index contributed by atoms with van der Waals surface area (Å²) in [5, 5.41) is 1.22. The standard InChI is InChI=1S/C16H18ClFOSi/c1-20(2,3)15-10-13(17)9-14(16(15)18)19-11-12-7-5-4-6-8-12/h4-10H,11H2,1-3H3. The maximum absolute atomic E-state index is 14.5. The smallest absolute Gasteiger partial charge is 0.164 e. The van der Waals surface area contributed by atoms with Gasteiger partial charge in [0.05, 0.1) is 8.07 Å². The fourth-order valence-corrected chi connectivity index (χ4v) is 3.62. The predicted molar refractivity (Wildman–Crippen MR) is 85.2 cm³/mol. The Morgan fingerprint density at radius 1 is 1.10 bits per heavy atom. The minimum Gasteiger partial charge on any atom is -0.486 e. The quantitative estimate of drug-likeness (QED) is 0.750. The molecule has 0 aromatic heterocycles. The van der Waals surface area contributed by atoms with Crippen LogP contribution in [0.1, 0.15) is 5.56 Å². The second kappa shape index (κ2) is 5.98. The summed E-state index contributed by atoms with van der Waals surface area (Å²) in [6, 6.07) is 13.0. The molecule has 0 N–H and O–H groups in total. The van der Waals surface area contributed by atoms with Crippen LogP contribution in [0.25, 0.3) is 0 Å². The molecule has 0 saturated heterocycles. The molecule has 0 spiro atoms. The van der Waals surface area contributed by atoms with E-state index in [-0.39, 0.29) is 11.6 Å². The van der Waals surface area contributed by atoms with Crippen LogP contribution in [0, 0.1) is 5.82 Å². The van der Waals surface area contributed by atoms with E-state index in [1.807, 2.05) is 30.3 Å². The molecule has 2 aromatic rings. The van der Waals surface area contributed by atoms with Crippen molar-refractivity contribution >= 4 is 24.9 Å². The minimum absolute atomic E-state index is 0.235. The van der Waals surface area contributed by atoms with E-state index < -0.39 is 8.07 Å². The molecule has 2 aromatic carbocycles. The number of hydrogen-bond acceptors (Lipinski definition) is 1. The fraction of sp³-hybridized carbons (Fsp3) is 0.250. The van der Waals surface area contributed by atoms with Crippen LogP contribution in [0.5, 0.6) is 5.75 Å². The maximum Gasteiger partial charge on any atom is 0.164 e. The molecule has 0 atom stereocenters. The summed E-state index contributed by atoms with van der Waals surface area (Å²) < 4.78 is 20.1. The molecular weight excluding hydrogens is 291 g/mol. The first-order valence-electron chi connectivity index (χ1n) is 6.54. The number of rotatable bonds is 4. The summed E-state index contributed by atoms with van der Waals surface area (Å²) in [5.41, 5.74) is 1.00. The van der Waals surface area contributed by atoms with Crippen molar-refractivity contribution in [3.05, 3.63) is 58.9 Å². The number of ether oxygens (including phenoxy) is 1. The Labute approximate surface area is 125 Å². The van der Waals surface area contributed by atoms with Gasteiger partial charge in [0.15, 0.2) is 11.6 Å². The van der Waals surface area contributed by atoms with Crippen LogP contribution in [-0.4, -0.2) is 8.07 Å². The molecule has 1 nitrogen and oxygen atoms in total. The highest BCUT2D eigenvalue weighted by molar-refractivity contribution is 6.88. The third-order valence-corrected chi connectivity index (χ3v) is 5.25. The van der Waals surface area contributed by atoms with Crippen molar-refractivity contribution in [3.8, 4) is 5.75 Å². The lowest BCUT2D eigenvalue weighted by atomic mass is 10.2. The summed E-state index contributed by atoms with van der Waals surface area (Å²) >= 11 is 6.09. The topological polar surface area (TPSA) is 9.23 Å². The van der Waals surface area contributed by atoms with Gasteiger partial charge in [0.1, 0.15) is 6.61 Å². The van der Waals surface area contributed by atoms with Crippen LogP contribution in [0.2, 0.25) is 24.7 Å². The van der Waals surface area contributed by atoms with Crippen LogP contribution in [-0.2, 0) is 6.61 Å². The molecule has 0 radical (unpaired) electrons. The summed E-state index contributed by atoms with van der Waals surface area (Å²) in [6.07, 6.45) is 0. The van der Waals surface area contributed by atoms with Crippen molar-refractivity contribution < 1.29 is 9.13 Å². The van der Waals surface area contributed by atoms with Gasteiger partial charge in [0.2, 0.25) is 0 Å². The normalized spacial score (nSPS) is 11.4. The predicted octanol–water partition coefficient (Wildman–Crippen LogP) is 4.60. The SMILES string of the molecule is C[Si](C)(C)c1cc(Cl)cc(OCc2ccccc2)c1F. The fourth-order valence-electron chi connectivity index (χ4n) is 1.95. The summed E-state index contributed by atoms with van der Waals surface area (Å²) in [6.45, 7) is 6.59. The van der Waals surface area contributed by atoms with E-state index in [2.05, 4.69) is 19.6 Å². The molecule has 0 fully saturated rings. The van der Waals surface area contributed by atoms with Gasteiger partial charge in [-0.2, -0.15) is 0 Å². The van der Waals surface area contributed by atoms with Crippen LogP contribution in [0.3, 0.4) is 0 Å². The Bertz CT molecular complexity index is 593. The van der Waals surface area contributed by atoms with Gasteiger partial charge >= 0.3 is 0 Å². The highest BCUT2D eigenvalue weighted by Gasteiger charge is 2.24. The van der Waals surface area contributed by atoms with Crippen molar-refractivity contribution in [1.29, 1.82) is 0 Å². The first-order chi connectivity index (χ1) is 9.38. The number of halogens is 2. The van der Waals surface area contributed by atoms with Gasteiger partial charge in [0.25, 0.3) is 0 Å². The molecule has 4 heteroatoms. The monoisotopic (exact) mass is 308 g/mol. The summed E-state index contributed by atoms with van der Waals surface area (Å²) in [4.78, 5) is 0. The van der Waals surface area contributed by atoms with E-state index >= 15 is 0 Å². The largest absolute Gasteiger partial charge is 0.486 e. The third kappa shape index (κ3) is 3.61. The van der Waals surface area contributed by atoms with Gasteiger partial charge in [-0.3, -0.25) is 0 Å². The van der Waals surface area contributed by atoms with Crippen molar-refractivity contribution in [2.45, 2.75) is 26.2 Å². The lowest BCUT2D eigenvalue weighted by Crippen LogP contribution is -2.40. The number of hydrogen-bond donors (Lipinski definition) is 0. The lowest BCUT2D eigenvalue weighted by Gasteiger charge is -2.20. The minimum atomic E-state index is -1.79. The molecule has 2 rings (SSSR count). The molecule has 0 heterocycles. The first-order valence-corrected chi connectivity index (χ1v) is 10.4. The molecule has 106 valence electrons. The Balaban J connectivity index is 2.26.